The summed E-state index contributed by atoms with van der Waals surface area (Å²) in [6.07, 6.45) is 1.59. The third-order valence-electron chi connectivity index (χ3n) is 6.72. The molecule has 1 saturated heterocycles. The number of carbonyl (C=O) groups is 1. The third-order valence-corrected chi connectivity index (χ3v) is 8.91. The molecule has 9 nitrogen and oxygen atoms in total. The Morgan fingerprint density at radius 3 is 2.44 bits per heavy atom. The summed E-state index contributed by atoms with van der Waals surface area (Å²) < 4.78 is 44.1. The quantitative estimate of drug-likeness (QED) is 0.511. The van der Waals surface area contributed by atoms with E-state index in [0.29, 0.717) is 41.1 Å². The summed E-state index contributed by atoms with van der Waals surface area (Å²) in [6, 6.07) is 10.8. The van der Waals surface area contributed by atoms with Gasteiger partial charge in [0.25, 0.3) is 5.89 Å². The van der Waals surface area contributed by atoms with Crippen molar-refractivity contribution in [2.45, 2.75) is 25.2 Å². The Kier molecular flexibility index (Phi) is 6.48. The standard InChI is InChI=1S/C24H25ClFN5O4S/c1-2-36(33,34)31-13-11-30(12-14-31)23(32)27-18-7-8-19(20(25)15-18)24(9-10-24)22-28-21(35-29-22)16-3-5-17(26)6-4-16/h3-8,15H,2,9-14H2,1H3,(H,27,32). The summed E-state index contributed by atoms with van der Waals surface area (Å²) in [4.78, 5) is 18.9. The highest BCUT2D eigenvalue weighted by atomic mass is 35.5. The van der Waals surface area contributed by atoms with Gasteiger partial charge in [0.1, 0.15) is 5.82 Å². The van der Waals surface area contributed by atoms with Gasteiger partial charge in [-0.25, -0.2) is 17.6 Å². The maximum atomic E-state index is 13.2. The monoisotopic (exact) mass is 533 g/mol. The first-order valence-electron chi connectivity index (χ1n) is 11.7. The van der Waals surface area contributed by atoms with Crippen LogP contribution in [0.15, 0.2) is 47.0 Å². The van der Waals surface area contributed by atoms with Gasteiger partial charge in [-0.15, -0.1) is 0 Å². The molecule has 190 valence electrons. The van der Waals surface area contributed by atoms with E-state index in [0.717, 1.165) is 18.4 Å². The number of anilines is 1. The zero-order valence-electron chi connectivity index (χ0n) is 19.6. The Morgan fingerprint density at radius 2 is 1.83 bits per heavy atom. The third kappa shape index (κ3) is 4.70. The summed E-state index contributed by atoms with van der Waals surface area (Å²) in [7, 11) is -3.26. The molecule has 0 atom stereocenters. The van der Waals surface area contributed by atoms with Crippen LogP contribution < -0.4 is 5.32 Å². The van der Waals surface area contributed by atoms with Crippen LogP contribution in [0.4, 0.5) is 14.9 Å². The number of amides is 2. The van der Waals surface area contributed by atoms with Crippen LogP contribution in [0, 0.1) is 5.82 Å². The minimum Gasteiger partial charge on any atom is -0.334 e. The van der Waals surface area contributed by atoms with Gasteiger partial charge in [-0.2, -0.15) is 9.29 Å². The molecule has 1 N–H and O–H groups in total. The number of nitrogens with one attached hydrogen (secondary N) is 1. The lowest BCUT2D eigenvalue weighted by atomic mass is 9.95. The zero-order valence-corrected chi connectivity index (χ0v) is 21.1. The van der Waals surface area contributed by atoms with Crippen molar-refractivity contribution in [3.63, 3.8) is 0 Å². The number of sulfonamides is 1. The van der Waals surface area contributed by atoms with Gasteiger partial charge >= 0.3 is 6.03 Å². The molecule has 12 heteroatoms. The van der Waals surface area contributed by atoms with Gasteiger partial charge in [0.2, 0.25) is 10.0 Å². The number of hydrogen-bond acceptors (Lipinski definition) is 6. The highest BCUT2D eigenvalue weighted by Crippen LogP contribution is 2.54. The van der Waals surface area contributed by atoms with Crippen LogP contribution in [0.25, 0.3) is 11.5 Å². The van der Waals surface area contributed by atoms with E-state index in [9.17, 15) is 17.6 Å². The number of benzene rings is 2. The van der Waals surface area contributed by atoms with Crippen molar-refractivity contribution in [2.24, 2.45) is 0 Å². The number of halogens is 2. The molecule has 2 aliphatic rings. The second-order valence-corrected chi connectivity index (χ2v) is 11.6. The van der Waals surface area contributed by atoms with Crippen LogP contribution in [0.2, 0.25) is 5.02 Å². The zero-order chi connectivity index (χ0) is 25.5. The highest BCUT2D eigenvalue weighted by molar-refractivity contribution is 7.89. The lowest BCUT2D eigenvalue weighted by Crippen LogP contribution is -2.51. The molecule has 2 heterocycles. The van der Waals surface area contributed by atoms with Crippen molar-refractivity contribution >= 4 is 33.3 Å². The minimum atomic E-state index is -3.26. The Balaban J connectivity index is 1.27. The van der Waals surface area contributed by atoms with Crippen LogP contribution in [-0.4, -0.2) is 65.7 Å². The molecule has 36 heavy (non-hydrogen) atoms. The number of aromatic nitrogens is 2. The fraction of sp³-hybridized carbons (Fsp3) is 0.375. The van der Waals surface area contributed by atoms with Crippen molar-refractivity contribution in [3.8, 4) is 11.5 Å². The molecule has 1 saturated carbocycles. The van der Waals surface area contributed by atoms with Crippen LogP contribution in [0.5, 0.6) is 0 Å². The predicted molar refractivity (Wildman–Crippen MR) is 133 cm³/mol. The van der Waals surface area contributed by atoms with Crippen molar-refractivity contribution in [1.82, 2.24) is 19.3 Å². The summed E-state index contributed by atoms with van der Waals surface area (Å²) in [5.74, 6) is 0.523. The van der Waals surface area contributed by atoms with Gasteiger partial charge in [0.15, 0.2) is 5.82 Å². The van der Waals surface area contributed by atoms with E-state index >= 15 is 0 Å². The number of carbonyl (C=O) groups excluding carboxylic acids is 1. The number of piperazine rings is 1. The van der Waals surface area contributed by atoms with E-state index in [1.165, 1.54) is 16.4 Å². The van der Waals surface area contributed by atoms with Crippen molar-refractivity contribution in [3.05, 3.63) is 64.7 Å². The second kappa shape index (κ2) is 9.45. The van der Waals surface area contributed by atoms with Crippen molar-refractivity contribution in [1.29, 1.82) is 0 Å². The molecule has 1 aromatic heterocycles. The maximum Gasteiger partial charge on any atom is 0.321 e. The van der Waals surface area contributed by atoms with E-state index in [4.69, 9.17) is 16.1 Å². The Morgan fingerprint density at radius 1 is 1.14 bits per heavy atom. The van der Waals surface area contributed by atoms with Crippen LogP contribution in [0.3, 0.4) is 0 Å². The molecule has 3 aromatic rings. The summed E-state index contributed by atoms with van der Waals surface area (Å²) in [6.45, 7) is 2.78. The molecule has 1 aliphatic carbocycles. The minimum absolute atomic E-state index is 0.0446. The summed E-state index contributed by atoms with van der Waals surface area (Å²) in [5, 5.41) is 7.48. The van der Waals surface area contributed by atoms with Crippen LogP contribution in [0.1, 0.15) is 31.2 Å². The Labute approximate surface area is 213 Å². The molecule has 5 rings (SSSR count). The van der Waals surface area contributed by atoms with Gasteiger partial charge in [-0.1, -0.05) is 22.8 Å². The largest absolute Gasteiger partial charge is 0.334 e. The first kappa shape index (κ1) is 24.7. The van der Waals surface area contributed by atoms with E-state index in [2.05, 4.69) is 15.5 Å². The maximum absolute atomic E-state index is 13.2. The van der Waals surface area contributed by atoms with Crippen molar-refractivity contribution in [2.75, 3.05) is 37.2 Å². The van der Waals surface area contributed by atoms with Crippen LogP contribution in [-0.2, 0) is 15.4 Å². The molecule has 0 spiro atoms. The highest BCUT2D eigenvalue weighted by Gasteiger charge is 2.51. The SMILES string of the molecule is CCS(=O)(=O)N1CCN(C(=O)Nc2ccc(C3(c4noc(-c5ccc(F)cc5)n4)CC3)c(Cl)c2)CC1. The summed E-state index contributed by atoms with van der Waals surface area (Å²) >= 11 is 6.63. The summed E-state index contributed by atoms with van der Waals surface area (Å²) in [5.41, 5.74) is 1.53. The fourth-order valence-electron chi connectivity index (χ4n) is 4.40. The molecular formula is C24H25ClFN5O4S. The van der Waals surface area contributed by atoms with Gasteiger partial charge < -0.3 is 14.7 Å². The Bertz CT molecular complexity index is 1380. The topological polar surface area (TPSA) is 109 Å². The molecule has 0 unspecified atom stereocenters. The van der Waals surface area contributed by atoms with E-state index < -0.39 is 15.4 Å². The molecule has 2 aromatic carbocycles. The van der Waals surface area contributed by atoms with Gasteiger partial charge in [-0.05, 0) is 61.7 Å². The van der Waals surface area contributed by atoms with E-state index in [-0.39, 0.29) is 30.7 Å². The van der Waals surface area contributed by atoms with Gasteiger partial charge in [0.05, 0.1) is 11.2 Å². The number of hydrogen-bond donors (Lipinski definition) is 1. The molecule has 2 amide bonds. The number of rotatable bonds is 6. The van der Waals surface area contributed by atoms with E-state index in [1.54, 1.807) is 36.1 Å². The number of nitrogens with zero attached hydrogens (tertiary/aromatic N) is 4. The smallest absolute Gasteiger partial charge is 0.321 e. The van der Waals surface area contributed by atoms with Gasteiger partial charge in [0, 0.05) is 42.5 Å². The molecule has 1 aliphatic heterocycles. The average Bonchev–Trinajstić information content (AvgIpc) is 3.52. The van der Waals surface area contributed by atoms with Crippen LogP contribution >= 0.6 is 11.6 Å². The second-order valence-electron chi connectivity index (χ2n) is 8.92. The lowest BCUT2D eigenvalue weighted by Gasteiger charge is -2.33. The van der Waals surface area contributed by atoms with Gasteiger partial charge in [-0.3, -0.25) is 0 Å². The normalized spacial score (nSPS) is 17.7. The average molecular weight is 534 g/mol. The van der Waals surface area contributed by atoms with E-state index in [1.807, 2.05) is 6.07 Å². The first-order chi connectivity index (χ1) is 17.2. The predicted octanol–water partition coefficient (Wildman–Crippen LogP) is 4.11. The first-order valence-corrected chi connectivity index (χ1v) is 13.6. The molecular weight excluding hydrogens is 509 g/mol. The fourth-order valence-corrected chi connectivity index (χ4v) is 5.85. The number of urea groups is 1. The van der Waals surface area contributed by atoms with Crippen molar-refractivity contribution < 1.29 is 22.1 Å². The molecule has 0 bridgehead atoms. The Hall–Kier alpha value is -3.02. The molecule has 2 fully saturated rings. The molecule has 0 radical (unpaired) electrons. The lowest BCUT2D eigenvalue weighted by molar-refractivity contribution is 0.184.